The van der Waals surface area contributed by atoms with Crippen molar-refractivity contribution in [1.82, 2.24) is 5.32 Å². The predicted molar refractivity (Wildman–Crippen MR) is 63.5 cm³/mol. The van der Waals surface area contributed by atoms with Crippen LogP contribution in [0.25, 0.3) is 0 Å². The van der Waals surface area contributed by atoms with Gasteiger partial charge in [0.25, 0.3) is 0 Å². The summed E-state index contributed by atoms with van der Waals surface area (Å²) in [5.41, 5.74) is 0. The zero-order valence-electron chi connectivity index (χ0n) is 8.97. The van der Waals surface area contributed by atoms with Crippen LogP contribution < -0.4 is 5.32 Å². The molecule has 0 aromatic rings. The maximum Gasteiger partial charge on any atom is 0.0724 e. The highest BCUT2D eigenvalue weighted by atomic mass is 28.3. The summed E-state index contributed by atoms with van der Waals surface area (Å²) in [6, 6.07) is 3.01. The van der Waals surface area contributed by atoms with Crippen molar-refractivity contribution >= 4 is 8.80 Å². The first-order valence-corrected chi connectivity index (χ1v) is 7.15. The number of hydrogen-bond acceptors (Lipinski definition) is 1. The third-order valence-corrected chi connectivity index (χ3v) is 4.62. The van der Waals surface area contributed by atoms with Crippen molar-refractivity contribution in [3.63, 3.8) is 0 Å². The maximum atomic E-state index is 3.79. The minimum Gasteiger partial charge on any atom is -0.317 e. The third kappa shape index (κ3) is 6.79. The summed E-state index contributed by atoms with van der Waals surface area (Å²) in [5.74, 6) is 0. The number of nitrogens with one attached hydrogen (secondary N) is 1. The second-order valence-corrected chi connectivity index (χ2v) is 6.10. The fourth-order valence-corrected chi connectivity index (χ4v) is 3.01. The molecule has 0 heterocycles. The molecule has 1 radical (unpaired) electrons. The molecule has 0 aromatic heterocycles. The highest BCUT2D eigenvalue weighted by Gasteiger charge is 2.08. The lowest BCUT2D eigenvalue weighted by molar-refractivity contribution is 0.577. The van der Waals surface area contributed by atoms with E-state index in [9.17, 15) is 0 Å². The van der Waals surface area contributed by atoms with E-state index in [1.165, 1.54) is 24.7 Å². The molecular weight excluding hydrogens is 174 g/mol. The third-order valence-electron chi connectivity index (χ3n) is 2.18. The number of allylic oxidation sites excluding steroid dienone is 2. The van der Waals surface area contributed by atoms with Crippen molar-refractivity contribution in [1.29, 1.82) is 0 Å². The van der Waals surface area contributed by atoms with Crippen molar-refractivity contribution in [3.05, 3.63) is 25.3 Å². The molecule has 75 valence electrons. The lowest BCUT2D eigenvalue weighted by Crippen LogP contribution is -2.35. The van der Waals surface area contributed by atoms with Gasteiger partial charge in [0.05, 0.1) is 8.80 Å². The number of rotatable bonds is 8. The molecule has 2 heteroatoms. The summed E-state index contributed by atoms with van der Waals surface area (Å²) >= 11 is 0. The fraction of sp³-hybridized carbons (Fsp3) is 0.636. The monoisotopic (exact) mass is 196 g/mol. The summed E-state index contributed by atoms with van der Waals surface area (Å²) in [6.07, 6.45) is 6.46. The van der Waals surface area contributed by atoms with E-state index < -0.39 is 0 Å². The van der Waals surface area contributed by atoms with Gasteiger partial charge in [0.2, 0.25) is 0 Å². The zero-order valence-corrected chi connectivity index (χ0v) is 9.97. The minimum atomic E-state index is -0.299. The fourth-order valence-electron chi connectivity index (χ4n) is 1.10. The van der Waals surface area contributed by atoms with Gasteiger partial charge >= 0.3 is 0 Å². The lowest BCUT2D eigenvalue weighted by atomic mass is 10.3. The summed E-state index contributed by atoms with van der Waals surface area (Å²) in [5, 5.41) is 3.55. The Labute approximate surface area is 84.5 Å². The molecule has 0 aromatic carbocycles. The molecule has 0 saturated heterocycles. The molecule has 0 saturated carbocycles. The summed E-state index contributed by atoms with van der Waals surface area (Å²) in [6.45, 7) is 12.0. The first-order chi connectivity index (χ1) is 6.24. The minimum absolute atomic E-state index is 0.299. The molecule has 1 unspecified atom stereocenters. The Morgan fingerprint density at radius 2 is 1.85 bits per heavy atom. The maximum absolute atomic E-state index is 3.79. The van der Waals surface area contributed by atoms with Crippen LogP contribution in [0.15, 0.2) is 25.3 Å². The molecule has 1 N–H and O–H groups in total. The average molecular weight is 196 g/mol. The average Bonchev–Trinajstić information content (AvgIpc) is 2.14. The van der Waals surface area contributed by atoms with Crippen LogP contribution in [-0.4, -0.2) is 21.0 Å². The van der Waals surface area contributed by atoms with Crippen molar-refractivity contribution in [3.8, 4) is 0 Å². The van der Waals surface area contributed by atoms with Crippen molar-refractivity contribution in [2.24, 2.45) is 0 Å². The Bertz CT molecular complexity index is 135. The lowest BCUT2D eigenvalue weighted by Gasteiger charge is -2.16. The van der Waals surface area contributed by atoms with Crippen LogP contribution in [0.3, 0.4) is 0 Å². The molecule has 0 aliphatic heterocycles. The van der Waals surface area contributed by atoms with E-state index in [1.54, 1.807) is 0 Å². The Kier molecular flexibility index (Phi) is 8.05. The van der Waals surface area contributed by atoms with Crippen LogP contribution in [0.1, 0.15) is 20.3 Å². The summed E-state index contributed by atoms with van der Waals surface area (Å²) in [4.78, 5) is 0. The van der Waals surface area contributed by atoms with E-state index in [1.807, 2.05) is 12.2 Å². The Balaban J connectivity index is 3.66. The summed E-state index contributed by atoms with van der Waals surface area (Å²) < 4.78 is 0. The predicted octanol–water partition coefficient (Wildman–Crippen LogP) is 2.78. The van der Waals surface area contributed by atoms with Gasteiger partial charge in [0, 0.05) is 6.04 Å². The van der Waals surface area contributed by atoms with E-state index >= 15 is 0 Å². The molecule has 0 aliphatic rings. The second-order valence-electron chi connectivity index (χ2n) is 3.43. The molecule has 0 aliphatic carbocycles. The van der Waals surface area contributed by atoms with Gasteiger partial charge in [-0.1, -0.05) is 19.1 Å². The molecule has 0 fully saturated rings. The van der Waals surface area contributed by atoms with Gasteiger partial charge in [-0.2, -0.15) is 0 Å². The standard InChI is InChI=1S/C11H22NSi/c1-5-8-13(9-6-2)10-12-11(4)7-3/h5-6,11-12H,1-2,7-10H2,3-4H3. The Morgan fingerprint density at radius 1 is 1.31 bits per heavy atom. The van der Waals surface area contributed by atoms with Gasteiger partial charge in [-0.15, -0.1) is 13.2 Å². The van der Waals surface area contributed by atoms with Crippen LogP contribution in [-0.2, 0) is 0 Å². The smallest absolute Gasteiger partial charge is 0.0724 e. The molecular formula is C11H22NSi. The molecule has 1 nitrogen and oxygen atoms in total. The second kappa shape index (κ2) is 8.26. The van der Waals surface area contributed by atoms with Crippen molar-refractivity contribution < 1.29 is 0 Å². The van der Waals surface area contributed by atoms with Gasteiger partial charge in [0.15, 0.2) is 0 Å². The molecule has 0 bridgehead atoms. The molecule has 0 amide bonds. The topological polar surface area (TPSA) is 12.0 Å². The normalized spacial score (nSPS) is 12.8. The Hall–Kier alpha value is -0.343. The molecule has 0 spiro atoms. The van der Waals surface area contributed by atoms with Crippen LogP contribution in [0.4, 0.5) is 0 Å². The molecule has 1 atom stereocenters. The highest BCUT2D eigenvalue weighted by Crippen LogP contribution is 2.00. The molecule has 0 rings (SSSR count). The first kappa shape index (κ1) is 12.7. The van der Waals surface area contributed by atoms with E-state index in [-0.39, 0.29) is 8.80 Å². The van der Waals surface area contributed by atoms with Gasteiger partial charge < -0.3 is 5.32 Å². The van der Waals surface area contributed by atoms with Crippen LogP contribution >= 0.6 is 0 Å². The van der Waals surface area contributed by atoms with Crippen LogP contribution in [0, 0.1) is 0 Å². The zero-order chi connectivity index (χ0) is 10.1. The van der Waals surface area contributed by atoms with Crippen LogP contribution in [0.5, 0.6) is 0 Å². The summed E-state index contributed by atoms with van der Waals surface area (Å²) in [7, 11) is -0.299. The van der Waals surface area contributed by atoms with E-state index in [0.29, 0.717) is 6.04 Å². The SMILES string of the molecule is C=CC[Si](CC=C)CNC(C)CC. The highest BCUT2D eigenvalue weighted by molar-refractivity contribution is 6.60. The largest absolute Gasteiger partial charge is 0.317 e. The number of hydrogen-bond donors (Lipinski definition) is 1. The van der Waals surface area contributed by atoms with E-state index in [4.69, 9.17) is 0 Å². The molecule has 13 heavy (non-hydrogen) atoms. The van der Waals surface area contributed by atoms with Gasteiger partial charge in [-0.25, -0.2) is 0 Å². The van der Waals surface area contributed by atoms with Crippen molar-refractivity contribution in [2.45, 2.75) is 38.4 Å². The van der Waals surface area contributed by atoms with Gasteiger partial charge in [-0.3, -0.25) is 0 Å². The quantitative estimate of drug-likeness (QED) is 0.465. The van der Waals surface area contributed by atoms with E-state index in [0.717, 1.165) is 0 Å². The van der Waals surface area contributed by atoms with E-state index in [2.05, 4.69) is 32.3 Å². The Morgan fingerprint density at radius 3 is 2.23 bits per heavy atom. The van der Waals surface area contributed by atoms with Gasteiger partial charge in [0.1, 0.15) is 0 Å². The van der Waals surface area contributed by atoms with Gasteiger partial charge in [-0.05, 0) is 31.6 Å². The van der Waals surface area contributed by atoms with Crippen LogP contribution in [0.2, 0.25) is 12.1 Å². The van der Waals surface area contributed by atoms with Crippen molar-refractivity contribution in [2.75, 3.05) is 6.17 Å². The first-order valence-electron chi connectivity index (χ1n) is 5.03.